The van der Waals surface area contributed by atoms with Gasteiger partial charge >= 0.3 is 6.09 Å². The molecule has 1 amide bonds. The summed E-state index contributed by atoms with van der Waals surface area (Å²) in [6, 6.07) is 12.1. The highest BCUT2D eigenvalue weighted by molar-refractivity contribution is 7.90. The van der Waals surface area contributed by atoms with Gasteiger partial charge in [-0.1, -0.05) is 6.07 Å². The molecule has 0 radical (unpaired) electrons. The largest absolute Gasteiger partial charge is 0.493 e. The average Bonchev–Trinajstić information content (AvgIpc) is 3.20. The number of nitrogens with zero attached hydrogens (tertiary/aromatic N) is 2. The lowest BCUT2D eigenvalue weighted by Gasteiger charge is -2.33. The molecule has 2 heterocycles. The third-order valence-electron chi connectivity index (χ3n) is 5.62. The minimum absolute atomic E-state index is 0.203. The van der Waals surface area contributed by atoms with Crippen LogP contribution in [0.3, 0.4) is 0 Å². The highest BCUT2D eigenvalue weighted by atomic mass is 32.2. The fourth-order valence-corrected chi connectivity index (χ4v) is 4.44. The molecule has 182 valence electrons. The van der Waals surface area contributed by atoms with Crippen molar-refractivity contribution < 1.29 is 27.1 Å². The molecule has 1 aliphatic heterocycles. The highest BCUT2D eigenvalue weighted by Gasteiger charge is 2.27. The Hall–Kier alpha value is -3.07. The molecule has 9 heteroatoms. The van der Waals surface area contributed by atoms with E-state index in [9.17, 15) is 13.2 Å². The summed E-state index contributed by atoms with van der Waals surface area (Å²) in [5.74, 6) is 1.45. The van der Waals surface area contributed by atoms with Crippen molar-refractivity contribution >= 4 is 27.0 Å². The van der Waals surface area contributed by atoms with E-state index < -0.39 is 15.4 Å². The number of fused-ring (bicyclic) bond motifs is 1. The van der Waals surface area contributed by atoms with Crippen LogP contribution in [0.25, 0.3) is 22.6 Å². The quantitative estimate of drug-likeness (QED) is 0.504. The maximum absolute atomic E-state index is 12.2. The first-order valence-electron chi connectivity index (χ1n) is 11.3. The molecule has 0 atom stereocenters. The van der Waals surface area contributed by atoms with Gasteiger partial charge in [-0.2, -0.15) is 0 Å². The number of oxazole rings is 1. The highest BCUT2D eigenvalue weighted by Crippen LogP contribution is 2.29. The van der Waals surface area contributed by atoms with Gasteiger partial charge in [0.05, 0.1) is 11.5 Å². The van der Waals surface area contributed by atoms with Crippen molar-refractivity contribution in [3.8, 4) is 17.2 Å². The molecule has 3 aromatic rings. The Balaban J connectivity index is 1.37. The molecule has 2 aromatic carbocycles. The molecule has 0 spiro atoms. The lowest BCUT2D eigenvalue weighted by molar-refractivity contribution is 0.0165. The second-order valence-electron chi connectivity index (χ2n) is 9.67. The summed E-state index contributed by atoms with van der Waals surface area (Å²) in [5.41, 5.74) is 1.26. The molecule has 1 aromatic heterocycles. The van der Waals surface area contributed by atoms with Crippen LogP contribution in [0.1, 0.15) is 33.6 Å². The third kappa shape index (κ3) is 5.88. The monoisotopic (exact) mass is 486 g/mol. The Bertz CT molecular complexity index is 1280. The Morgan fingerprint density at radius 2 is 1.88 bits per heavy atom. The van der Waals surface area contributed by atoms with Crippen molar-refractivity contribution in [2.75, 3.05) is 26.0 Å². The second-order valence-corrected chi connectivity index (χ2v) is 11.7. The number of hydrogen-bond acceptors (Lipinski definition) is 7. The summed E-state index contributed by atoms with van der Waals surface area (Å²) in [6.45, 7) is 7.47. The van der Waals surface area contributed by atoms with Gasteiger partial charge in [0.2, 0.25) is 5.89 Å². The van der Waals surface area contributed by atoms with E-state index in [1.165, 1.54) is 12.1 Å². The molecule has 1 fully saturated rings. The number of carbonyl (C=O) groups excluding carboxylic acids is 1. The summed E-state index contributed by atoms with van der Waals surface area (Å²) >= 11 is 0. The maximum Gasteiger partial charge on any atom is 0.410 e. The van der Waals surface area contributed by atoms with Crippen LogP contribution in [0.2, 0.25) is 0 Å². The van der Waals surface area contributed by atoms with Gasteiger partial charge in [0.25, 0.3) is 0 Å². The Morgan fingerprint density at radius 3 is 2.56 bits per heavy atom. The third-order valence-corrected chi connectivity index (χ3v) is 6.73. The summed E-state index contributed by atoms with van der Waals surface area (Å²) in [5, 5.41) is 0. The van der Waals surface area contributed by atoms with Gasteiger partial charge in [0, 0.05) is 24.9 Å². The van der Waals surface area contributed by atoms with Crippen molar-refractivity contribution in [1.82, 2.24) is 9.88 Å². The molecule has 8 nitrogen and oxygen atoms in total. The van der Waals surface area contributed by atoms with Crippen LogP contribution >= 0.6 is 0 Å². The SMILES string of the molecule is CC(C)(C)OC(=O)N1CCC(COc2cccc(-c3nc4cc(S(C)(=O)=O)ccc4o3)c2)CC1. The van der Waals surface area contributed by atoms with E-state index in [1.54, 1.807) is 11.0 Å². The molecule has 0 unspecified atom stereocenters. The minimum Gasteiger partial charge on any atom is -0.493 e. The summed E-state index contributed by atoms with van der Waals surface area (Å²) in [6.07, 6.45) is 2.61. The van der Waals surface area contributed by atoms with Gasteiger partial charge in [-0.3, -0.25) is 0 Å². The lowest BCUT2D eigenvalue weighted by atomic mass is 9.98. The van der Waals surface area contributed by atoms with Crippen molar-refractivity contribution in [1.29, 1.82) is 0 Å². The fraction of sp³-hybridized carbons (Fsp3) is 0.440. The van der Waals surface area contributed by atoms with E-state index in [4.69, 9.17) is 13.9 Å². The molecule has 1 aliphatic rings. The molecule has 1 saturated heterocycles. The number of hydrogen-bond donors (Lipinski definition) is 0. The minimum atomic E-state index is -3.32. The summed E-state index contributed by atoms with van der Waals surface area (Å²) in [7, 11) is -3.32. The van der Waals surface area contributed by atoms with E-state index in [2.05, 4.69) is 4.98 Å². The molecular formula is C25H30N2O6S. The van der Waals surface area contributed by atoms with Crippen LogP contribution in [-0.2, 0) is 14.6 Å². The Kier molecular flexibility index (Phi) is 6.58. The standard InChI is InChI=1S/C25H30N2O6S/c1-25(2,3)33-24(28)27-12-10-17(11-13-27)16-31-19-7-5-6-18(14-19)23-26-21-15-20(34(4,29)30)8-9-22(21)32-23/h5-9,14-15,17H,10-13,16H2,1-4H3. The first-order chi connectivity index (χ1) is 16.0. The predicted molar refractivity (Wildman–Crippen MR) is 129 cm³/mol. The first kappa shape index (κ1) is 24.1. The number of piperidine rings is 1. The van der Waals surface area contributed by atoms with Crippen LogP contribution in [-0.4, -0.2) is 55.9 Å². The molecule has 34 heavy (non-hydrogen) atoms. The van der Waals surface area contributed by atoms with Crippen molar-refractivity contribution in [3.63, 3.8) is 0 Å². The summed E-state index contributed by atoms with van der Waals surface area (Å²) in [4.78, 5) is 18.7. The van der Waals surface area contributed by atoms with E-state index >= 15 is 0 Å². The van der Waals surface area contributed by atoms with E-state index in [1.807, 2.05) is 45.0 Å². The molecule has 0 N–H and O–H groups in total. The van der Waals surface area contributed by atoms with Gasteiger partial charge in [-0.25, -0.2) is 18.2 Å². The van der Waals surface area contributed by atoms with Crippen LogP contribution in [0.4, 0.5) is 4.79 Å². The van der Waals surface area contributed by atoms with Crippen molar-refractivity contribution in [3.05, 3.63) is 42.5 Å². The number of rotatable bonds is 5. The zero-order chi connectivity index (χ0) is 24.5. The average molecular weight is 487 g/mol. The number of carbonyl (C=O) groups is 1. The number of ether oxygens (including phenoxy) is 2. The number of benzene rings is 2. The number of amides is 1. The maximum atomic E-state index is 12.2. The van der Waals surface area contributed by atoms with Gasteiger partial charge in [-0.05, 0) is 75.9 Å². The number of likely N-dealkylation sites (tertiary alicyclic amines) is 1. The van der Waals surface area contributed by atoms with E-state index in [-0.39, 0.29) is 11.0 Å². The van der Waals surface area contributed by atoms with Crippen LogP contribution in [0.5, 0.6) is 5.75 Å². The Labute approximate surface area is 199 Å². The second kappa shape index (κ2) is 9.29. The predicted octanol–water partition coefficient (Wildman–Crippen LogP) is 4.92. The molecular weight excluding hydrogens is 456 g/mol. The van der Waals surface area contributed by atoms with Crippen LogP contribution < -0.4 is 4.74 Å². The first-order valence-corrected chi connectivity index (χ1v) is 13.2. The van der Waals surface area contributed by atoms with E-state index in [0.29, 0.717) is 48.4 Å². The van der Waals surface area contributed by atoms with Gasteiger partial charge < -0.3 is 18.8 Å². The zero-order valence-electron chi connectivity index (χ0n) is 19.9. The van der Waals surface area contributed by atoms with Crippen LogP contribution in [0.15, 0.2) is 51.8 Å². The Morgan fingerprint density at radius 1 is 1.15 bits per heavy atom. The lowest BCUT2D eigenvalue weighted by Crippen LogP contribution is -2.42. The fourth-order valence-electron chi connectivity index (χ4n) is 3.80. The number of aromatic nitrogens is 1. The van der Waals surface area contributed by atoms with E-state index in [0.717, 1.165) is 24.7 Å². The van der Waals surface area contributed by atoms with Crippen LogP contribution in [0, 0.1) is 5.92 Å². The molecule has 0 saturated carbocycles. The normalized spacial score (nSPS) is 15.5. The van der Waals surface area contributed by atoms with Gasteiger partial charge in [0.1, 0.15) is 16.9 Å². The molecule has 0 aliphatic carbocycles. The van der Waals surface area contributed by atoms with Gasteiger partial charge in [0.15, 0.2) is 15.4 Å². The molecule has 4 rings (SSSR count). The van der Waals surface area contributed by atoms with Crippen molar-refractivity contribution in [2.24, 2.45) is 5.92 Å². The number of sulfone groups is 1. The van der Waals surface area contributed by atoms with Crippen molar-refractivity contribution in [2.45, 2.75) is 44.1 Å². The summed E-state index contributed by atoms with van der Waals surface area (Å²) < 4.78 is 40.9. The zero-order valence-corrected chi connectivity index (χ0v) is 20.7. The molecule has 0 bridgehead atoms. The smallest absolute Gasteiger partial charge is 0.410 e. The topological polar surface area (TPSA) is 98.9 Å². The van der Waals surface area contributed by atoms with Gasteiger partial charge in [-0.15, -0.1) is 0 Å².